The molecule has 3 nitrogen and oxygen atoms in total. The van der Waals surface area contributed by atoms with Crippen LogP contribution in [0.2, 0.25) is 0 Å². The molecular weight excluding hydrogens is 268 g/mol. The maximum Gasteiger partial charge on any atom is 0.255 e. The van der Waals surface area contributed by atoms with Crippen molar-refractivity contribution in [2.45, 2.75) is 0 Å². The first-order valence-corrected chi connectivity index (χ1v) is 7.07. The van der Waals surface area contributed by atoms with Crippen LogP contribution in [0.4, 0.5) is 5.69 Å². The summed E-state index contributed by atoms with van der Waals surface area (Å²) in [5, 5.41) is 4.86. The van der Waals surface area contributed by atoms with E-state index in [9.17, 15) is 4.79 Å². The number of hydrogen-bond acceptors (Lipinski definition) is 3. The molecule has 4 heteroatoms. The van der Waals surface area contributed by atoms with Gasteiger partial charge >= 0.3 is 0 Å². The lowest BCUT2D eigenvalue weighted by Gasteiger charge is -2.05. The van der Waals surface area contributed by atoms with Gasteiger partial charge in [-0.1, -0.05) is 24.3 Å². The maximum absolute atomic E-state index is 12.2. The Morgan fingerprint density at radius 2 is 1.90 bits per heavy atom. The van der Waals surface area contributed by atoms with Crippen LogP contribution < -0.4 is 5.32 Å². The van der Waals surface area contributed by atoms with Crippen molar-refractivity contribution in [2.24, 2.45) is 0 Å². The van der Waals surface area contributed by atoms with Gasteiger partial charge in [0.05, 0.1) is 10.6 Å². The van der Waals surface area contributed by atoms with E-state index in [0.29, 0.717) is 5.56 Å². The first-order valence-electron chi connectivity index (χ1n) is 6.19. The van der Waals surface area contributed by atoms with Gasteiger partial charge in [0.25, 0.3) is 5.91 Å². The number of pyridine rings is 1. The predicted octanol–water partition coefficient (Wildman–Crippen LogP) is 4.06. The molecule has 1 amide bonds. The topological polar surface area (TPSA) is 42.0 Å². The second-order valence-electron chi connectivity index (χ2n) is 4.23. The highest BCUT2D eigenvalue weighted by molar-refractivity contribution is 7.13. The van der Waals surface area contributed by atoms with Crippen LogP contribution in [-0.4, -0.2) is 10.9 Å². The van der Waals surface area contributed by atoms with Crippen LogP contribution in [0.5, 0.6) is 0 Å². The fraction of sp³-hybridized carbons (Fsp3) is 0. The second kappa shape index (κ2) is 5.67. The monoisotopic (exact) mass is 280 g/mol. The largest absolute Gasteiger partial charge is 0.322 e. The summed E-state index contributed by atoms with van der Waals surface area (Å²) >= 11 is 1.61. The zero-order valence-corrected chi connectivity index (χ0v) is 11.4. The van der Waals surface area contributed by atoms with E-state index in [1.165, 1.54) is 0 Å². The van der Waals surface area contributed by atoms with Crippen LogP contribution >= 0.6 is 11.3 Å². The second-order valence-corrected chi connectivity index (χ2v) is 5.17. The normalized spacial score (nSPS) is 10.2. The van der Waals surface area contributed by atoms with Gasteiger partial charge in [0, 0.05) is 17.4 Å². The Hall–Kier alpha value is -2.46. The fourth-order valence-electron chi connectivity index (χ4n) is 1.86. The molecule has 2 aromatic heterocycles. The number of thiophene rings is 1. The summed E-state index contributed by atoms with van der Waals surface area (Å²) in [6.45, 7) is 0. The van der Waals surface area contributed by atoms with E-state index in [-0.39, 0.29) is 5.91 Å². The molecule has 0 aliphatic carbocycles. The van der Waals surface area contributed by atoms with Crippen molar-refractivity contribution < 1.29 is 4.79 Å². The summed E-state index contributed by atoms with van der Waals surface area (Å²) in [6.07, 6.45) is 1.66. The Balaban J connectivity index is 1.84. The number of rotatable bonds is 3. The molecule has 0 radical (unpaired) electrons. The number of amides is 1. The van der Waals surface area contributed by atoms with Crippen LogP contribution in [0.15, 0.2) is 66.2 Å². The summed E-state index contributed by atoms with van der Waals surface area (Å²) < 4.78 is 0. The van der Waals surface area contributed by atoms with E-state index in [0.717, 1.165) is 16.3 Å². The van der Waals surface area contributed by atoms with Crippen LogP contribution in [0, 0.1) is 0 Å². The highest BCUT2D eigenvalue weighted by Gasteiger charge is 2.08. The Labute approximate surface area is 120 Å². The first-order chi connectivity index (χ1) is 9.83. The quantitative estimate of drug-likeness (QED) is 0.786. The van der Waals surface area contributed by atoms with Crippen molar-refractivity contribution in [2.75, 3.05) is 5.32 Å². The molecule has 20 heavy (non-hydrogen) atoms. The summed E-state index contributed by atoms with van der Waals surface area (Å²) in [7, 11) is 0. The molecule has 0 unspecified atom stereocenters. The van der Waals surface area contributed by atoms with Gasteiger partial charge in [-0.3, -0.25) is 9.78 Å². The number of nitrogens with one attached hydrogen (secondary N) is 1. The molecule has 0 fully saturated rings. The molecule has 0 saturated carbocycles. The van der Waals surface area contributed by atoms with Crippen LogP contribution in [0.1, 0.15) is 10.4 Å². The van der Waals surface area contributed by atoms with E-state index >= 15 is 0 Å². The molecule has 1 N–H and O–H groups in total. The zero-order valence-electron chi connectivity index (χ0n) is 10.6. The molecule has 3 rings (SSSR count). The number of carbonyl (C=O) groups is 1. The molecule has 0 saturated heterocycles. The van der Waals surface area contributed by atoms with E-state index in [4.69, 9.17) is 0 Å². The minimum absolute atomic E-state index is 0.128. The Morgan fingerprint density at radius 3 is 2.65 bits per heavy atom. The molecule has 2 heterocycles. The third-order valence-electron chi connectivity index (χ3n) is 2.83. The van der Waals surface area contributed by atoms with Crippen molar-refractivity contribution in [3.05, 3.63) is 71.7 Å². The van der Waals surface area contributed by atoms with Crippen molar-refractivity contribution in [1.29, 1.82) is 0 Å². The van der Waals surface area contributed by atoms with E-state index in [1.807, 2.05) is 53.9 Å². The minimum Gasteiger partial charge on any atom is -0.322 e. The van der Waals surface area contributed by atoms with Crippen molar-refractivity contribution in [1.82, 2.24) is 4.98 Å². The average Bonchev–Trinajstić information content (AvgIpc) is 3.03. The molecule has 98 valence electrons. The van der Waals surface area contributed by atoms with Gasteiger partial charge in [-0.2, -0.15) is 0 Å². The molecule has 0 spiro atoms. The van der Waals surface area contributed by atoms with Gasteiger partial charge in [-0.15, -0.1) is 11.3 Å². The smallest absolute Gasteiger partial charge is 0.255 e. The van der Waals surface area contributed by atoms with Crippen LogP contribution in [0.25, 0.3) is 10.6 Å². The molecular formula is C16H12N2OS. The standard InChI is InChI=1S/C16H12N2OS/c19-16(18-13-5-2-1-3-6-13)12-8-9-17-14(11-12)15-7-4-10-20-15/h1-11H,(H,18,19). The number of aromatic nitrogens is 1. The minimum atomic E-state index is -0.128. The fourth-order valence-corrected chi connectivity index (χ4v) is 2.55. The summed E-state index contributed by atoms with van der Waals surface area (Å²) in [6, 6.07) is 16.9. The Morgan fingerprint density at radius 1 is 1.05 bits per heavy atom. The van der Waals surface area contributed by atoms with E-state index in [2.05, 4.69) is 10.3 Å². The third kappa shape index (κ3) is 2.75. The molecule has 1 aromatic carbocycles. The Bertz CT molecular complexity index is 708. The number of anilines is 1. The number of hydrogen-bond donors (Lipinski definition) is 1. The molecule has 0 aliphatic heterocycles. The Kier molecular flexibility index (Phi) is 3.56. The van der Waals surface area contributed by atoms with Crippen molar-refractivity contribution in [3.8, 4) is 10.6 Å². The van der Waals surface area contributed by atoms with Crippen molar-refractivity contribution >= 4 is 22.9 Å². The van der Waals surface area contributed by atoms with Gasteiger partial charge in [-0.05, 0) is 35.7 Å². The van der Waals surface area contributed by atoms with Crippen molar-refractivity contribution in [3.63, 3.8) is 0 Å². The summed E-state index contributed by atoms with van der Waals surface area (Å²) in [5.74, 6) is -0.128. The van der Waals surface area contributed by atoms with Gasteiger partial charge in [-0.25, -0.2) is 0 Å². The molecule has 3 aromatic rings. The predicted molar refractivity (Wildman–Crippen MR) is 81.9 cm³/mol. The van der Waals surface area contributed by atoms with E-state index < -0.39 is 0 Å². The van der Waals surface area contributed by atoms with Gasteiger partial charge < -0.3 is 5.32 Å². The number of para-hydroxylation sites is 1. The lowest BCUT2D eigenvalue weighted by Crippen LogP contribution is -2.11. The molecule has 0 atom stereocenters. The molecule has 0 bridgehead atoms. The maximum atomic E-state index is 12.2. The average molecular weight is 280 g/mol. The first kappa shape index (κ1) is 12.6. The SMILES string of the molecule is O=C(Nc1ccccc1)c1ccnc(-c2cccs2)c1. The number of benzene rings is 1. The highest BCUT2D eigenvalue weighted by Crippen LogP contribution is 2.23. The van der Waals surface area contributed by atoms with Gasteiger partial charge in [0.2, 0.25) is 0 Å². The highest BCUT2D eigenvalue weighted by atomic mass is 32.1. The van der Waals surface area contributed by atoms with Crippen LogP contribution in [0.3, 0.4) is 0 Å². The van der Waals surface area contributed by atoms with Crippen LogP contribution in [-0.2, 0) is 0 Å². The third-order valence-corrected chi connectivity index (χ3v) is 3.72. The number of carbonyl (C=O) groups excluding carboxylic acids is 1. The van der Waals surface area contributed by atoms with Gasteiger partial charge in [0.15, 0.2) is 0 Å². The summed E-state index contributed by atoms with van der Waals surface area (Å²) in [4.78, 5) is 17.6. The molecule has 0 aliphatic rings. The number of nitrogens with zero attached hydrogens (tertiary/aromatic N) is 1. The lowest BCUT2D eigenvalue weighted by molar-refractivity contribution is 0.102. The van der Waals surface area contributed by atoms with E-state index in [1.54, 1.807) is 23.6 Å². The zero-order chi connectivity index (χ0) is 13.8. The van der Waals surface area contributed by atoms with Gasteiger partial charge in [0.1, 0.15) is 0 Å². The summed E-state index contributed by atoms with van der Waals surface area (Å²) in [5.41, 5.74) is 2.21. The lowest BCUT2D eigenvalue weighted by atomic mass is 10.2.